The van der Waals surface area contributed by atoms with Crippen LogP contribution in [0, 0.1) is 17.2 Å². The van der Waals surface area contributed by atoms with E-state index in [1.165, 1.54) is 0 Å². The Bertz CT molecular complexity index is 601. The Morgan fingerprint density at radius 1 is 1.42 bits per heavy atom. The normalized spacial score (nSPS) is 18.4. The number of carbonyl (C=O) groups is 1. The fourth-order valence-electron chi connectivity index (χ4n) is 3.22. The molecule has 5 nitrogen and oxygen atoms in total. The molecule has 1 fully saturated rings. The number of methoxy groups -OCH3 is 1. The van der Waals surface area contributed by atoms with Gasteiger partial charge in [-0.25, -0.2) is 0 Å². The van der Waals surface area contributed by atoms with Crippen LogP contribution in [0.3, 0.4) is 0 Å². The third-order valence-electron chi connectivity index (χ3n) is 4.73. The smallest absolute Gasteiger partial charge is 0.221 e. The second kappa shape index (κ2) is 8.16. The van der Waals surface area contributed by atoms with Crippen molar-refractivity contribution in [3.05, 3.63) is 29.8 Å². The fraction of sp³-hybridized carbons (Fsp3) is 0.579. The molecular weight excluding hydrogens is 302 g/mol. The number of carbonyl (C=O) groups excluding carboxylic acids is 1. The lowest BCUT2D eigenvalue weighted by Crippen LogP contribution is -2.54. The van der Waals surface area contributed by atoms with Crippen LogP contribution < -0.4 is 10.1 Å². The molecule has 1 unspecified atom stereocenters. The van der Waals surface area contributed by atoms with Gasteiger partial charge in [0.1, 0.15) is 11.3 Å². The summed E-state index contributed by atoms with van der Waals surface area (Å²) in [5.41, 5.74) is 0.405. The number of nitriles is 1. The van der Waals surface area contributed by atoms with E-state index in [0.717, 1.165) is 30.8 Å². The van der Waals surface area contributed by atoms with Crippen LogP contribution in [0.4, 0.5) is 0 Å². The third-order valence-corrected chi connectivity index (χ3v) is 4.73. The molecule has 0 aliphatic carbocycles. The molecule has 0 radical (unpaired) electrons. The van der Waals surface area contributed by atoms with Gasteiger partial charge in [0.25, 0.3) is 0 Å². The van der Waals surface area contributed by atoms with E-state index >= 15 is 0 Å². The van der Waals surface area contributed by atoms with Gasteiger partial charge in [0.05, 0.1) is 13.2 Å². The van der Waals surface area contributed by atoms with E-state index in [2.05, 4.69) is 23.2 Å². The summed E-state index contributed by atoms with van der Waals surface area (Å²) >= 11 is 0. The van der Waals surface area contributed by atoms with E-state index in [1.807, 2.05) is 31.3 Å². The molecule has 2 rings (SSSR count). The first kappa shape index (κ1) is 18.3. The number of hydrogen-bond acceptors (Lipinski definition) is 4. The number of likely N-dealkylation sites (tertiary alicyclic amines) is 1. The van der Waals surface area contributed by atoms with Crippen molar-refractivity contribution in [1.29, 1.82) is 5.26 Å². The van der Waals surface area contributed by atoms with Gasteiger partial charge in [0.15, 0.2) is 0 Å². The van der Waals surface area contributed by atoms with E-state index < -0.39 is 5.54 Å². The minimum Gasteiger partial charge on any atom is -0.496 e. The molecule has 0 aromatic heterocycles. The predicted molar refractivity (Wildman–Crippen MR) is 93.7 cm³/mol. The van der Waals surface area contributed by atoms with Crippen LogP contribution in [0.15, 0.2) is 24.3 Å². The minimum atomic E-state index is -0.701. The maximum absolute atomic E-state index is 12.4. The first-order chi connectivity index (χ1) is 11.5. The molecule has 0 spiro atoms. The van der Waals surface area contributed by atoms with Gasteiger partial charge in [-0.2, -0.15) is 5.26 Å². The molecule has 0 bridgehead atoms. The molecular formula is C19H27N3O2. The summed E-state index contributed by atoms with van der Waals surface area (Å²) in [4.78, 5) is 14.6. The number of piperidine rings is 1. The quantitative estimate of drug-likeness (QED) is 0.870. The number of hydrogen-bond donors (Lipinski definition) is 1. The summed E-state index contributed by atoms with van der Waals surface area (Å²) in [6, 6.07) is 10.2. The van der Waals surface area contributed by atoms with Crippen LogP contribution in [0.1, 0.15) is 31.7 Å². The Morgan fingerprint density at radius 3 is 2.71 bits per heavy atom. The predicted octanol–water partition coefficient (Wildman–Crippen LogP) is 2.37. The molecule has 5 heteroatoms. The molecule has 1 atom stereocenters. The number of nitrogens with zero attached hydrogens (tertiary/aromatic N) is 2. The number of amides is 1. The fourth-order valence-corrected chi connectivity index (χ4v) is 3.22. The summed E-state index contributed by atoms with van der Waals surface area (Å²) in [5.74, 6) is 1.00. The van der Waals surface area contributed by atoms with Crippen LogP contribution in [-0.4, -0.2) is 43.6 Å². The lowest BCUT2D eigenvalue weighted by Gasteiger charge is -2.36. The van der Waals surface area contributed by atoms with Gasteiger partial charge in [0, 0.05) is 19.5 Å². The first-order valence-corrected chi connectivity index (χ1v) is 8.51. The molecule has 1 aliphatic rings. The monoisotopic (exact) mass is 329 g/mol. The van der Waals surface area contributed by atoms with Gasteiger partial charge in [0.2, 0.25) is 5.91 Å². The van der Waals surface area contributed by atoms with Crippen molar-refractivity contribution < 1.29 is 9.53 Å². The van der Waals surface area contributed by atoms with Crippen molar-refractivity contribution in [2.75, 3.05) is 27.2 Å². The number of rotatable bonds is 6. The van der Waals surface area contributed by atoms with Crippen LogP contribution >= 0.6 is 0 Å². The van der Waals surface area contributed by atoms with Gasteiger partial charge >= 0.3 is 0 Å². The van der Waals surface area contributed by atoms with Crippen molar-refractivity contribution in [2.24, 2.45) is 5.92 Å². The number of benzene rings is 1. The van der Waals surface area contributed by atoms with E-state index in [4.69, 9.17) is 4.74 Å². The van der Waals surface area contributed by atoms with E-state index in [9.17, 15) is 10.1 Å². The summed E-state index contributed by atoms with van der Waals surface area (Å²) in [6.07, 6.45) is 2.57. The highest BCUT2D eigenvalue weighted by molar-refractivity contribution is 5.77. The topological polar surface area (TPSA) is 65.4 Å². The largest absolute Gasteiger partial charge is 0.496 e. The number of para-hydroxylation sites is 1. The first-order valence-electron chi connectivity index (χ1n) is 8.51. The number of nitrogens with one attached hydrogen (secondary N) is 1. The van der Waals surface area contributed by atoms with Crippen molar-refractivity contribution in [2.45, 2.75) is 38.1 Å². The molecule has 1 aromatic carbocycles. The van der Waals surface area contributed by atoms with Crippen molar-refractivity contribution in [3.8, 4) is 11.8 Å². The zero-order valence-electron chi connectivity index (χ0n) is 14.8. The highest BCUT2D eigenvalue weighted by Gasteiger charge is 2.35. The zero-order chi connectivity index (χ0) is 17.6. The molecule has 0 saturated carbocycles. The molecule has 130 valence electrons. The lowest BCUT2D eigenvalue weighted by molar-refractivity contribution is -0.123. The molecule has 1 heterocycles. The third kappa shape index (κ3) is 4.72. The Labute approximate surface area is 144 Å². The average molecular weight is 329 g/mol. The molecule has 1 amide bonds. The Kier molecular flexibility index (Phi) is 6.22. The van der Waals surface area contributed by atoms with Gasteiger partial charge < -0.3 is 15.0 Å². The molecule has 1 saturated heterocycles. The average Bonchev–Trinajstić information content (AvgIpc) is 2.57. The molecule has 1 aliphatic heterocycles. The molecule has 1 aromatic rings. The van der Waals surface area contributed by atoms with Crippen LogP contribution in [0.25, 0.3) is 0 Å². The Balaban J connectivity index is 1.90. The SMILES string of the molecule is COc1ccccc1CC(C)CC(=O)NC1(C#N)CCN(C)CC1. The van der Waals surface area contributed by atoms with Gasteiger partial charge in [-0.05, 0) is 43.9 Å². The van der Waals surface area contributed by atoms with E-state index in [-0.39, 0.29) is 11.8 Å². The van der Waals surface area contributed by atoms with Gasteiger partial charge in [-0.3, -0.25) is 4.79 Å². The summed E-state index contributed by atoms with van der Waals surface area (Å²) in [6.45, 7) is 3.73. The van der Waals surface area contributed by atoms with Crippen LogP contribution in [0.5, 0.6) is 5.75 Å². The van der Waals surface area contributed by atoms with E-state index in [0.29, 0.717) is 19.3 Å². The lowest BCUT2D eigenvalue weighted by atomic mass is 9.88. The highest BCUT2D eigenvalue weighted by Crippen LogP contribution is 2.24. The maximum atomic E-state index is 12.4. The highest BCUT2D eigenvalue weighted by atomic mass is 16.5. The van der Waals surface area contributed by atoms with Crippen molar-refractivity contribution in [3.63, 3.8) is 0 Å². The molecule has 24 heavy (non-hydrogen) atoms. The Morgan fingerprint density at radius 2 is 2.08 bits per heavy atom. The Hall–Kier alpha value is -2.06. The van der Waals surface area contributed by atoms with Crippen molar-refractivity contribution in [1.82, 2.24) is 10.2 Å². The summed E-state index contributed by atoms with van der Waals surface area (Å²) in [5, 5.41) is 12.5. The van der Waals surface area contributed by atoms with Crippen molar-refractivity contribution >= 4 is 5.91 Å². The number of ether oxygens (including phenoxy) is 1. The second-order valence-electron chi connectivity index (χ2n) is 6.87. The molecule has 1 N–H and O–H groups in total. The van der Waals surface area contributed by atoms with Crippen LogP contribution in [0.2, 0.25) is 0 Å². The van der Waals surface area contributed by atoms with Gasteiger partial charge in [-0.15, -0.1) is 0 Å². The minimum absolute atomic E-state index is 0.0384. The van der Waals surface area contributed by atoms with Gasteiger partial charge in [-0.1, -0.05) is 25.1 Å². The summed E-state index contributed by atoms with van der Waals surface area (Å²) < 4.78 is 5.37. The summed E-state index contributed by atoms with van der Waals surface area (Å²) in [7, 11) is 3.70. The van der Waals surface area contributed by atoms with Crippen LogP contribution in [-0.2, 0) is 11.2 Å². The standard InChI is InChI=1S/C19H27N3O2/c1-15(12-16-6-4-5-7-17(16)24-3)13-18(23)21-19(14-20)8-10-22(2)11-9-19/h4-7,15H,8-13H2,1-3H3,(H,21,23). The maximum Gasteiger partial charge on any atom is 0.221 e. The zero-order valence-corrected chi connectivity index (χ0v) is 14.8. The van der Waals surface area contributed by atoms with E-state index in [1.54, 1.807) is 7.11 Å². The second-order valence-corrected chi connectivity index (χ2v) is 6.87.